The van der Waals surface area contributed by atoms with E-state index in [1.807, 2.05) is 31.0 Å². The number of Topliss-reactive ketones (excluding diaryl/α,β-unsaturated/α-hetero) is 1. The number of likely N-dealkylation sites (tertiary alicyclic amines) is 1. The van der Waals surface area contributed by atoms with Crippen LogP contribution in [0, 0.1) is 19.8 Å². The lowest BCUT2D eigenvalue weighted by Crippen LogP contribution is -2.43. The van der Waals surface area contributed by atoms with Crippen LogP contribution >= 0.6 is 0 Å². The summed E-state index contributed by atoms with van der Waals surface area (Å²) >= 11 is 0. The van der Waals surface area contributed by atoms with E-state index in [2.05, 4.69) is 4.98 Å². The fraction of sp³-hybridized carbons (Fsp3) is 0.400. The first-order valence-corrected chi connectivity index (χ1v) is 9.12. The van der Waals surface area contributed by atoms with Crippen molar-refractivity contribution in [2.45, 2.75) is 26.7 Å². The van der Waals surface area contributed by atoms with Crippen LogP contribution in [-0.2, 0) is 0 Å². The van der Waals surface area contributed by atoms with E-state index in [1.54, 1.807) is 7.11 Å². The Labute approximate surface area is 161 Å². The molecule has 8 nitrogen and oxygen atoms in total. The Morgan fingerprint density at radius 3 is 2.39 bits per heavy atom. The van der Waals surface area contributed by atoms with Crippen molar-refractivity contribution >= 4 is 11.7 Å². The Morgan fingerprint density at radius 2 is 1.79 bits per heavy atom. The van der Waals surface area contributed by atoms with Gasteiger partial charge in [-0.15, -0.1) is 0 Å². The van der Waals surface area contributed by atoms with Crippen LogP contribution in [-0.4, -0.2) is 46.8 Å². The first-order valence-electron chi connectivity index (χ1n) is 9.12. The molecule has 1 aliphatic heterocycles. The van der Waals surface area contributed by atoms with Crippen molar-refractivity contribution < 1.29 is 14.3 Å². The highest BCUT2D eigenvalue weighted by molar-refractivity contribution is 5.99. The maximum absolute atomic E-state index is 13.0. The third kappa shape index (κ3) is 3.90. The number of aromatic amines is 2. The number of carbonyl (C=O) groups excluding carboxylic acids is 2. The van der Waals surface area contributed by atoms with Gasteiger partial charge in [0.05, 0.1) is 7.11 Å². The molecule has 1 amide bonds. The lowest BCUT2D eigenvalue weighted by Gasteiger charge is -2.32. The van der Waals surface area contributed by atoms with Gasteiger partial charge in [0.2, 0.25) is 0 Å². The highest BCUT2D eigenvalue weighted by Crippen LogP contribution is 2.28. The van der Waals surface area contributed by atoms with Crippen LogP contribution in [0.15, 0.2) is 27.8 Å². The molecular formula is C20H23N3O5. The Bertz CT molecular complexity index is 985. The van der Waals surface area contributed by atoms with Crippen LogP contribution in [0.4, 0.5) is 0 Å². The summed E-state index contributed by atoms with van der Waals surface area (Å²) < 4.78 is 5.35. The molecule has 3 rings (SSSR count). The highest BCUT2D eigenvalue weighted by Gasteiger charge is 2.30. The molecular weight excluding hydrogens is 362 g/mol. The van der Waals surface area contributed by atoms with E-state index >= 15 is 0 Å². The van der Waals surface area contributed by atoms with Crippen LogP contribution in [0.2, 0.25) is 0 Å². The van der Waals surface area contributed by atoms with Gasteiger partial charge in [-0.3, -0.25) is 19.4 Å². The minimum atomic E-state index is -0.732. The van der Waals surface area contributed by atoms with Gasteiger partial charge in [0.25, 0.3) is 11.5 Å². The number of piperidine rings is 1. The minimum absolute atomic E-state index is 0.0224. The summed E-state index contributed by atoms with van der Waals surface area (Å²) in [6.45, 7) is 4.50. The van der Waals surface area contributed by atoms with Gasteiger partial charge in [-0.2, -0.15) is 0 Å². The van der Waals surface area contributed by atoms with E-state index < -0.39 is 17.2 Å². The molecule has 8 heteroatoms. The zero-order chi connectivity index (χ0) is 20.4. The predicted molar refractivity (Wildman–Crippen MR) is 103 cm³/mol. The van der Waals surface area contributed by atoms with Crippen molar-refractivity contribution in [3.8, 4) is 5.75 Å². The number of ketones is 1. The van der Waals surface area contributed by atoms with Crippen molar-refractivity contribution in [1.82, 2.24) is 14.9 Å². The van der Waals surface area contributed by atoms with Crippen LogP contribution in [0.5, 0.6) is 5.75 Å². The van der Waals surface area contributed by atoms with Crippen molar-refractivity contribution in [1.29, 1.82) is 0 Å². The van der Waals surface area contributed by atoms with Crippen LogP contribution in [0.1, 0.15) is 44.8 Å². The fourth-order valence-electron chi connectivity index (χ4n) is 3.78. The molecule has 0 aliphatic carbocycles. The summed E-state index contributed by atoms with van der Waals surface area (Å²) in [5, 5.41) is 0. The van der Waals surface area contributed by atoms with Gasteiger partial charge in [-0.1, -0.05) is 0 Å². The molecule has 1 aromatic heterocycles. The van der Waals surface area contributed by atoms with Gasteiger partial charge < -0.3 is 14.6 Å². The Hall–Kier alpha value is -3.16. The molecule has 28 heavy (non-hydrogen) atoms. The number of amides is 1. The molecule has 1 fully saturated rings. The number of aromatic nitrogens is 2. The van der Waals surface area contributed by atoms with E-state index in [0.29, 0.717) is 24.9 Å². The average Bonchev–Trinajstić information content (AvgIpc) is 2.66. The van der Waals surface area contributed by atoms with Gasteiger partial charge in [0.15, 0.2) is 5.78 Å². The van der Waals surface area contributed by atoms with Crippen LogP contribution in [0.3, 0.4) is 0 Å². The number of nitrogens with zero attached hydrogens (tertiary/aromatic N) is 1. The molecule has 1 atom stereocenters. The second kappa shape index (κ2) is 7.84. The van der Waals surface area contributed by atoms with Crippen molar-refractivity contribution in [2.24, 2.45) is 5.92 Å². The summed E-state index contributed by atoms with van der Waals surface area (Å²) in [7, 11) is 1.60. The molecule has 2 N–H and O–H groups in total. The zero-order valence-electron chi connectivity index (χ0n) is 16.1. The van der Waals surface area contributed by atoms with Gasteiger partial charge >= 0.3 is 5.69 Å². The molecule has 2 aromatic rings. The van der Waals surface area contributed by atoms with Crippen molar-refractivity contribution in [2.75, 3.05) is 20.2 Å². The van der Waals surface area contributed by atoms with E-state index in [9.17, 15) is 19.2 Å². The monoisotopic (exact) mass is 385 g/mol. The SMILES string of the molecule is COc1c(C)cc(C(=O)C2CCCN(C(=O)c3cc(=O)[nH]c(=O)[nH]3)C2)cc1C. The molecule has 1 saturated heterocycles. The number of aryl methyl sites for hydroxylation is 2. The largest absolute Gasteiger partial charge is 0.496 e. The molecule has 1 aliphatic rings. The van der Waals surface area contributed by atoms with Gasteiger partial charge in [-0.05, 0) is 49.9 Å². The van der Waals surface area contributed by atoms with Crippen LogP contribution in [0.25, 0.3) is 0 Å². The second-order valence-corrected chi connectivity index (χ2v) is 7.10. The molecule has 1 unspecified atom stereocenters. The minimum Gasteiger partial charge on any atom is -0.496 e. The Balaban J connectivity index is 1.81. The number of ether oxygens (including phenoxy) is 1. The third-order valence-electron chi connectivity index (χ3n) is 5.02. The predicted octanol–water partition coefficient (Wildman–Crippen LogP) is 1.42. The lowest BCUT2D eigenvalue weighted by atomic mass is 9.88. The second-order valence-electron chi connectivity index (χ2n) is 7.10. The van der Waals surface area contributed by atoms with Crippen LogP contribution < -0.4 is 16.0 Å². The molecule has 1 aromatic carbocycles. The number of benzene rings is 1. The molecule has 2 heterocycles. The maximum atomic E-state index is 13.0. The number of methoxy groups -OCH3 is 1. The van der Waals surface area contributed by atoms with Crippen molar-refractivity contribution in [3.05, 3.63) is 61.4 Å². The van der Waals surface area contributed by atoms with Crippen molar-refractivity contribution in [3.63, 3.8) is 0 Å². The number of rotatable bonds is 4. The number of carbonyl (C=O) groups is 2. The summed E-state index contributed by atoms with van der Waals surface area (Å²) in [4.78, 5) is 54.5. The van der Waals surface area contributed by atoms with Gasteiger partial charge in [0, 0.05) is 30.6 Å². The summed E-state index contributed by atoms with van der Waals surface area (Å²) in [5.41, 5.74) is 0.926. The molecule has 0 bridgehead atoms. The smallest absolute Gasteiger partial charge is 0.326 e. The summed E-state index contributed by atoms with van der Waals surface area (Å²) in [6, 6.07) is 4.68. The average molecular weight is 385 g/mol. The number of H-pyrrole nitrogens is 2. The molecule has 148 valence electrons. The molecule has 0 radical (unpaired) electrons. The first kappa shape index (κ1) is 19.6. The first-order chi connectivity index (χ1) is 13.3. The number of nitrogens with one attached hydrogen (secondary N) is 2. The quantitative estimate of drug-likeness (QED) is 0.773. The van der Waals surface area contributed by atoms with Gasteiger partial charge in [0.1, 0.15) is 11.4 Å². The number of hydrogen-bond donors (Lipinski definition) is 2. The topological polar surface area (TPSA) is 112 Å². The highest BCUT2D eigenvalue weighted by atomic mass is 16.5. The van der Waals surface area contributed by atoms with Gasteiger partial charge in [-0.25, -0.2) is 4.79 Å². The Kier molecular flexibility index (Phi) is 5.48. The zero-order valence-corrected chi connectivity index (χ0v) is 16.1. The Morgan fingerprint density at radius 1 is 1.11 bits per heavy atom. The fourth-order valence-corrected chi connectivity index (χ4v) is 3.78. The third-order valence-corrected chi connectivity index (χ3v) is 5.02. The standard InChI is InChI=1S/C20H23N3O5/c1-11-7-14(8-12(2)18(11)28-3)17(25)13-5-4-6-23(10-13)19(26)15-9-16(24)22-20(27)21-15/h7-9,13H,4-6,10H2,1-3H3,(H2,21,22,24,27). The van der Waals surface area contributed by atoms with E-state index in [0.717, 1.165) is 22.9 Å². The van der Waals surface area contributed by atoms with E-state index in [4.69, 9.17) is 4.74 Å². The maximum Gasteiger partial charge on any atom is 0.326 e. The van der Waals surface area contributed by atoms with E-state index in [-0.39, 0.29) is 23.9 Å². The van der Waals surface area contributed by atoms with E-state index in [1.165, 1.54) is 4.90 Å². The number of hydrogen-bond acceptors (Lipinski definition) is 5. The summed E-state index contributed by atoms with van der Waals surface area (Å²) in [6.07, 6.45) is 1.35. The normalized spacial score (nSPS) is 16.7. The molecule has 0 spiro atoms. The molecule has 0 saturated carbocycles. The summed E-state index contributed by atoms with van der Waals surface area (Å²) in [5.74, 6) is -0.0533. The lowest BCUT2D eigenvalue weighted by molar-refractivity contribution is 0.0631.